The highest BCUT2D eigenvalue weighted by molar-refractivity contribution is 6.31. The molecule has 3 N–H and O–H groups in total. The Balaban J connectivity index is 1.57. The zero-order chi connectivity index (χ0) is 14.1. The molecule has 5 nitrogen and oxygen atoms in total. The summed E-state index contributed by atoms with van der Waals surface area (Å²) in [5.74, 6) is -0.0553. The highest BCUT2D eigenvalue weighted by atomic mass is 35.5. The largest absolute Gasteiger partial charge is 0.397 e. The van der Waals surface area contributed by atoms with Crippen LogP contribution in [0.15, 0.2) is 18.2 Å². The number of nitrogen functional groups attached to an aromatic ring is 1. The van der Waals surface area contributed by atoms with Crippen LogP contribution in [-0.4, -0.2) is 42.6 Å². The second kappa shape index (κ2) is 5.60. The van der Waals surface area contributed by atoms with Crippen molar-refractivity contribution >= 4 is 28.9 Å². The molecule has 1 aromatic carbocycles. The van der Waals surface area contributed by atoms with Gasteiger partial charge in [0.2, 0.25) is 5.91 Å². The fourth-order valence-electron chi connectivity index (χ4n) is 2.87. The Morgan fingerprint density at radius 3 is 2.75 bits per heavy atom. The third kappa shape index (κ3) is 3.06. The molecule has 2 atom stereocenters. The van der Waals surface area contributed by atoms with Gasteiger partial charge in [-0.25, -0.2) is 0 Å². The van der Waals surface area contributed by atoms with Crippen molar-refractivity contribution in [3.63, 3.8) is 0 Å². The first-order chi connectivity index (χ1) is 9.60. The molecule has 0 spiro atoms. The second-order valence-corrected chi connectivity index (χ2v) is 5.87. The quantitative estimate of drug-likeness (QED) is 0.833. The van der Waals surface area contributed by atoms with Crippen LogP contribution < -0.4 is 11.1 Å². The van der Waals surface area contributed by atoms with Gasteiger partial charge in [-0.15, -0.1) is 0 Å². The maximum Gasteiger partial charge on any atom is 0.238 e. The summed E-state index contributed by atoms with van der Waals surface area (Å²) in [6.07, 6.45) is 2.80. The summed E-state index contributed by atoms with van der Waals surface area (Å²) >= 11 is 5.83. The summed E-state index contributed by atoms with van der Waals surface area (Å²) in [4.78, 5) is 14.2. The van der Waals surface area contributed by atoms with Gasteiger partial charge in [-0.1, -0.05) is 11.6 Å². The van der Waals surface area contributed by atoms with Crippen molar-refractivity contribution in [1.29, 1.82) is 0 Å². The van der Waals surface area contributed by atoms with Crippen LogP contribution in [-0.2, 0) is 9.53 Å². The number of carbonyl (C=O) groups is 1. The van der Waals surface area contributed by atoms with E-state index in [1.54, 1.807) is 18.2 Å². The molecule has 6 heteroatoms. The van der Waals surface area contributed by atoms with Gasteiger partial charge in [0, 0.05) is 18.1 Å². The number of carbonyl (C=O) groups excluding carboxylic acids is 1. The topological polar surface area (TPSA) is 67.6 Å². The summed E-state index contributed by atoms with van der Waals surface area (Å²) in [6, 6.07) is 5.06. The first-order valence-electron chi connectivity index (χ1n) is 6.83. The fourth-order valence-corrected chi connectivity index (χ4v) is 3.05. The monoisotopic (exact) mass is 295 g/mol. The number of hydrogen-bond donors (Lipinski definition) is 2. The number of benzene rings is 1. The molecule has 0 aromatic heterocycles. The summed E-state index contributed by atoms with van der Waals surface area (Å²) in [5, 5.41) is 3.39. The molecular formula is C14H18ClN3O2. The molecule has 1 amide bonds. The van der Waals surface area contributed by atoms with E-state index >= 15 is 0 Å². The van der Waals surface area contributed by atoms with Gasteiger partial charge >= 0.3 is 0 Å². The highest BCUT2D eigenvalue weighted by Gasteiger charge is 2.34. The smallest absolute Gasteiger partial charge is 0.238 e. The number of fused-ring (bicyclic) bond motifs is 2. The summed E-state index contributed by atoms with van der Waals surface area (Å²) in [6.45, 7) is 2.04. The third-order valence-electron chi connectivity index (χ3n) is 3.77. The third-order valence-corrected chi connectivity index (χ3v) is 4.01. The SMILES string of the molecule is Nc1cc(Cl)ccc1NC(=O)CN1CC2CCC(C1)O2. The number of rotatable bonds is 3. The lowest BCUT2D eigenvalue weighted by Crippen LogP contribution is -2.45. The molecule has 2 heterocycles. The van der Waals surface area contributed by atoms with Crippen molar-refractivity contribution in [2.75, 3.05) is 30.7 Å². The lowest BCUT2D eigenvalue weighted by atomic mass is 10.2. The van der Waals surface area contributed by atoms with E-state index < -0.39 is 0 Å². The number of hydrogen-bond acceptors (Lipinski definition) is 4. The van der Waals surface area contributed by atoms with E-state index in [9.17, 15) is 4.79 Å². The Morgan fingerprint density at radius 2 is 2.10 bits per heavy atom. The fraction of sp³-hybridized carbons (Fsp3) is 0.500. The minimum Gasteiger partial charge on any atom is -0.397 e. The van der Waals surface area contributed by atoms with E-state index in [4.69, 9.17) is 22.1 Å². The number of likely N-dealkylation sites (tertiary alicyclic amines) is 1. The Labute approximate surface area is 123 Å². The molecule has 0 aliphatic carbocycles. The van der Waals surface area contributed by atoms with Crippen molar-refractivity contribution < 1.29 is 9.53 Å². The average molecular weight is 296 g/mol. The number of anilines is 2. The minimum atomic E-state index is -0.0553. The highest BCUT2D eigenvalue weighted by Crippen LogP contribution is 2.26. The average Bonchev–Trinajstić information content (AvgIpc) is 2.72. The van der Waals surface area contributed by atoms with Gasteiger partial charge < -0.3 is 15.8 Å². The van der Waals surface area contributed by atoms with Crippen molar-refractivity contribution in [3.8, 4) is 0 Å². The van der Waals surface area contributed by atoms with Gasteiger partial charge in [-0.2, -0.15) is 0 Å². The van der Waals surface area contributed by atoms with E-state index in [1.165, 1.54) is 0 Å². The van der Waals surface area contributed by atoms with E-state index in [0.717, 1.165) is 25.9 Å². The van der Waals surface area contributed by atoms with Gasteiger partial charge in [0.25, 0.3) is 0 Å². The van der Waals surface area contributed by atoms with Gasteiger partial charge in [0.1, 0.15) is 0 Å². The maximum absolute atomic E-state index is 12.1. The van der Waals surface area contributed by atoms with Gasteiger partial charge in [0.05, 0.1) is 30.1 Å². The van der Waals surface area contributed by atoms with Crippen LogP contribution in [0.25, 0.3) is 0 Å². The minimum absolute atomic E-state index is 0.0553. The van der Waals surface area contributed by atoms with Gasteiger partial charge in [-0.05, 0) is 31.0 Å². The van der Waals surface area contributed by atoms with Crippen LogP contribution in [0.4, 0.5) is 11.4 Å². The molecule has 2 fully saturated rings. The van der Waals surface area contributed by atoms with E-state index in [1.807, 2.05) is 0 Å². The normalized spacial score (nSPS) is 25.6. The van der Waals surface area contributed by atoms with Crippen molar-refractivity contribution in [1.82, 2.24) is 4.90 Å². The molecule has 2 aliphatic heterocycles. The first-order valence-corrected chi connectivity index (χ1v) is 7.20. The Kier molecular flexibility index (Phi) is 3.83. The molecule has 1 aromatic rings. The predicted molar refractivity (Wildman–Crippen MR) is 78.8 cm³/mol. The molecule has 2 bridgehead atoms. The number of nitrogens with zero attached hydrogens (tertiary/aromatic N) is 1. The lowest BCUT2D eigenvalue weighted by Gasteiger charge is -2.31. The second-order valence-electron chi connectivity index (χ2n) is 5.43. The summed E-state index contributed by atoms with van der Waals surface area (Å²) in [5.41, 5.74) is 6.91. The zero-order valence-corrected chi connectivity index (χ0v) is 11.9. The molecule has 2 aliphatic rings. The summed E-state index contributed by atoms with van der Waals surface area (Å²) in [7, 11) is 0. The van der Waals surface area contributed by atoms with E-state index in [0.29, 0.717) is 35.2 Å². The van der Waals surface area contributed by atoms with Crippen molar-refractivity contribution in [3.05, 3.63) is 23.2 Å². The van der Waals surface area contributed by atoms with Crippen LogP contribution in [0.5, 0.6) is 0 Å². The molecule has 20 heavy (non-hydrogen) atoms. The van der Waals surface area contributed by atoms with Gasteiger partial charge in [-0.3, -0.25) is 9.69 Å². The van der Waals surface area contributed by atoms with Crippen molar-refractivity contribution in [2.24, 2.45) is 0 Å². The van der Waals surface area contributed by atoms with E-state index in [2.05, 4.69) is 10.2 Å². The Hall–Kier alpha value is -1.30. The molecule has 108 valence electrons. The molecule has 2 saturated heterocycles. The van der Waals surface area contributed by atoms with Crippen molar-refractivity contribution in [2.45, 2.75) is 25.0 Å². The van der Waals surface area contributed by atoms with Gasteiger partial charge in [0.15, 0.2) is 0 Å². The predicted octanol–water partition coefficient (Wildman–Crippen LogP) is 1.72. The first kappa shape index (κ1) is 13.7. The van der Waals surface area contributed by atoms with Crippen LogP contribution in [0.3, 0.4) is 0 Å². The van der Waals surface area contributed by atoms with E-state index in [-0.39, 0.29) is 5.91 Å². The number of morpholine rings is 1. The standard InChI is InChI=1S/C14H18ClN3O2/c15-9-1-4-13(12(16)5-9)17-14(19)8-18-6-10-2-3-11(7-18)20-10/h1,4-5,10-11H,2-3,6-8,16H2,(H,17,19). The Morgan fingerprint density at radius 1 is 1.40 bits per heavy atom. The zero-order valence-electron chi connectivity index (χ0n) is 11.1. The van der Waals surface area contributed by atoms with Crippen LogP contribution >= 0.6 is 11.6 Å². The number of halogens is 1. The molecule has 0 radical (unpaired) electrons. The molecule has 2 unspecified atom stereocenters. The summed E-state index contributed by atoms with van der Waals surface area (Å²) < 4.78 is 5.75. The number of amides is 1. The van der Waals surface area contributed by atoms with Crippen LogP contribution in [0.2, 0.25) is 5.02 Å². The lowest BCUT2D eigenvalue weighted by molar-refractivity contribution is -0.119. The van der Waals surface area contributed by atoms with Crippen LogP contribution in [0.1, 0.15) is 12.8 Å². The molecule has 3 rings (SSSR count). The number of ether oxygens (including phenoxy) is 1. The number of nitrogens with two attached hydrogens (primary N) is 1. The number of nitrogens with one attached hydrogen (secondary N) is 1. The molecular weight excluding hydrogens is 278 g/mol. The molecule has 0 saturated carbocycles. The Bertz CT molecular complexity index is 511. The van der Waals surface area contributed by atoms with Crippen LogP contribution in [0, 0.1) is 0 Å². The maximum atomic E-state index is 12.1.